The minimum Gasteiger partial charge on any atom is -0.381 e. The van der Waals surface area contributed by atoms with Gasteiger partial charge in [0.2, 0.25) is 5.91 Å². The number of carbonyl (C=O) groups is 1. The van der Waals surface area contributed by atoms with Gasteiger partial charge >= 0.3 is 0 Å². The van der Waals surface area contributed by atoms with Crippen molar-refractivity contribution in [1.29, 1.82) is 0 Å². The lowest BCUT2D eigenvalue weighted by molar-refractivity contribution is -0.136. The van der Waals surface area contributed by atoms with E-state index < -0.39 is 0 Å². The highest BCUT2D eigenvalue weighted by atomic mass is 16.5. The first-order valence-corrected chi connectivity index (χ1v) is 8.97. The zero-order valence-corrected chi connectivity index (χ0v) is 15.2. The normalized spacial score (nSPS) is 19.3. The van der Waals surface area contributed by atoms with Crippen LogP contribution in [0.2, 0.25) is 0 Å². The third-order valence-corrected chi connectivity index (χ3v) is 4.98. The van der Waals surface area contributed by atoms with Gasteiger partial charge in [0, 0.05) is 50.8 Å². The van der Waals surface area contributed by atoms with Gasteiger partial charge in [0.15, 0.2) is 5.82 Å². The Morgan fingerprint density at radius 1 is 1.35 bits per heavy atom. The molecule has 26 heavy (non-hydrogen) atoms. The standard InChI is InChI=1S/C19H23N5O2/c1-23(2)18-15-5-8-24(19(25)14-6-9-26-12-14)11-16(15)21-17(22-18)13-4-3-7-20-10-13/h3-4,7,10,14H,5-6,8-9,11-12H2,1-2H3/t14-/m1/s1. The summed E-state index contributed by atoms with van der Waals surface area (Å²) in [6.45, 7) is 2.45. The second-order valence-electron chi connectivity index (χ2n) is 7.00. The first-order chi connectivity index (χ1) is 12.6. The van der Waals surface area contributed by atoms with Crippen LogP contribution in [0.1, 0.15) is 17.7 Å². The van der Waals surface area contributed by atoms with Gasteiger partial charge in [-0.3, -0.25) is 9.78 Å². The molecule has 0 radical (unpaired) electrons. The van der Waals surface area contributed by atoms with Gasteiger partial charge < -0.3 is 14.5 Å². The number of aromatic nitrogens is 3. The highest BCUT2D eigenvalue weighted by Gasteiger charge is 2.32. The molecular formula is C19H23N5O2. The van der Waals surface area contributed by atoms with Crippen molar-refractivity contribution < 1.29 is 9.53 Å². The molecule has 4 rings (SSSR count). The average Bonchev–Trinajstić information content (AvgIpc) is 3.21. The van der Waals surface area contributed by atoms with E-state index in [4.69, 9.17) is 14.7 Å². The Labute approximate surface area is 153 Å². The molecule has 0 bridgehead atoms. The molecular weight excluding hydrogens is 330 g/mol. The summed E-state index contributed by atoms with van der Waals surface area (Å²) < 4.78 is 5.38. The third kappa shape index (κ3) is 3.14. The van der Waals surface area contributed by atoms with Crippen LogP contribution in [-0.2, 0) is 22.5 Å². The van der Waals surface area contributed by atoms with Gasteiger partial charge in [0.05, 0.1) is 24.8 Å². The lowest BCUT2D eigenvalue weighted by Gasteiger charge is -2.32. The maximum atomic E-state index is 12.8. The summed E-state index contributed by atoms with van der Waals surface area (Å²) in [5.74, 6) is 1.75. The second-order valence-corrected chi connectivity index (χ2v) is 7.00. The first kappa shape index (κ1) is 16.9. The van der Waals surface area contributed by atoms with E-state index in [-0.39, 0.29) is 11.8 Å². The van der Waals surface area contributed by atoms with E-state index >= 15 is 0 Å². The molecule has 0 unspecified atom stereocenters. The zero-order valence-electron chi connectivity index (χ0n) is 15.2. The number of nitrogens with zero attached hydrogens (tertiary/aromatic N) is 5. The number of hydrogen-bond donors (Lipinski definition) is 0. The fourth-order valence-corrected chi connectivity index (χ4v) is 3.58. The Hall–Kier alpha value is -2.54. The first-order valence-electron chi connectivity index (χ1n) is 8.97. The van der Waals surface area contributed by atoms with Gasteiger partial charge in [-0.2, -0.15) is 0 Å². The number of fused-ring (bicyclic) bond motifs is 1. The minimum absolute atomic E-state index is 0.00972. The molecule has 2 aliphatic rings. The number of rotatable bonds is 3. The fourth-order valence-electron chi connectivity index (χ4n) is 3.58. The highest BCUT2D eigenvalue weighted by molar-refractivity contribution is 5.79. The van der Waals surface area contributed by atoms with Crippen molar-refractivity contribution in [2.24, 2.45) is 5.92 Å². The van der Waals surface area contributed by atoms with E-state index in [1.165, 1.54) is 0 Å². The van der Waals surface area contributed by atoms with Crippen LogP contribution in [0, 0.1) is 5.92 Å². The summed E-state index contributed by atoms with van der Waals surface area (Å²) in [7, 11) is 3.98. The van der Waals surface area contributed by atoms with E-state index in [1.807, 2.05) is 36.0 Å². The van der Waals surface area contributed by atoms with Crippen molar-refractivity contribution in [1.82, 2.24) is 19.9 Å². The SMILES string of the molecule is CN(C)c1nc(-c2cccnc2)nc2c1CCN(C(=O)[C@@H]1CCOC1)C2. The summed E-state index contributed by atoms with van der Waals surface area (Å²) in [4.78, 5) is 30.4. The molecule has 1 fully saturated rings. The van der Waals surface area contributed by atoms with Crippen molar-refractivity contribution in [2.75, 3.05) is 38.8 Å². The van der Waals surface area contributed by atoms with Gasteiger partial charge in [-0.1, -0.05) is 0 Å². The van der Waals surface area contributed by atoms with Gasteiger partial charge in [-0.05, 0) is 25.0 Å². The molecule has 7 nitrogen and oxygen atoms in total. The van der Waals surface area contributed by atoms with Crippen LogP contribution < -0.4 is 4.90 Å². The predicted octanol–water partition coefficient (Wildman–Crippen LogP) is 1.53. The van der Waals surface area contributed by atoms with Crippen LogP contribution in [0.3, 0.4) is 0 Å². The summed E-state index contributed by atoms with van der Waals surface area (Å²) in [6, 6.07) is 3.83. The molecule has 0 spiro atoms. The smallest absolute Gasteiger partial charge is 0.228 e. The fraction of sp³-hybridized carbons (Fsp3) is 0.474. The van der Waals surface area contributed by atoms with Crippen molar-refractivity contribution in [3.05, 3.63) is 35.8 Å². The number of amides is 1. The quantitative estimate of drug-likeness (QED) is 0.833. The number of hydrogen-bond acceptors (Lipinski definition) is 6. The maximum absolute atomic E-state index is 12.8. The molecule has 2 aliphatic heterocycles. The minimum atomic E-state index is -0.00972. The Morgan fingerprint density at radius 3 is 2.92 bits per heavy atom. The topological polar surface area (TPSA) is 71.5 Å². The Morgan fingerprint density at radius 2 is 2.23 bits per heavy atom. The Kier molecular flexibility index (Phi) is 4.55. The van der Waals surface area contributed by atoms with Crippen molar-refractivity contribution in [3.8, 4) is 11.4 Å². The van der Waals surface area contributed by atoms with Gasteiger partial charge in [0.1, 0.15) is 5.82 Å². The van der Waals surface area contributed by atoms with Crippen LogP contribution >= 0.6 is 0 Å². The van der Waals surface area contributed by atoms with Crippen LogP contribution in [-0.4, -0.2) is 59.6 Å². The summed E-state index contributed by atoms with van der Waals surface area (Å²) in [5, 5.41) is 0. The molecule has 4 heterocycles. The van der Waals surface area contributed by atoms with E-state index in [0.717, 1.165) is 35.5 Å². The number of pyridine rings is 1. The number of ether oxygens (including phenoxy) is 1. The van der Waals surface area contributed by atoms with Gasteiger partial charge in [0.25, 0.3) is 0 Å². The van der Waals surface area contributed by atoms with Crippen LogP contribution in [0.15, 0.2) is 24.5 Å². The average molecular weight is 353 g/mol. The van der Waals surface area contributed by atoms with Crippen molar-refractivity contribution >= 4 is 11.7 Å². The van der Waals surface area contributed by atoms with E-state index in [1.54, 1.807) is 12.4 Å². The summed E-state index contributed by atoms with van der Waals surface area (Å²) in [5.41, 5.74) is 2.95. The van der Waals surface area contributed by atoms with Gasteiger partial charge in [-0.25, -0.2) is 9.97 Å². The van der Waals surface area contributed by atoms with Crippen LogP contribution in [0.4, 0.5) is 5.82 Å². The number of anilines is 1. The monoisotopic (exact) mass is 353 g/mol. The molecule has 1 atom stereocenters. The molecule has 136 valence electrons. The van der Waals surface area contributed by atoms with Crippen LogP contribution in [0.25, 0.3) is 11.4 Å². The Balaban J connectivity index is 1.68. The third-order valence-electron chi connectivity index (χ3n) is 4.98. The Bertz CT molecular complexity index is 803. The molecule has 1 saturated heterocycles. The van der Waals surface area contributed by atoms with Gasteiger partial charge in [-0.15, -0.1) is 0 Å². The molecule has 1 amide bonds. The largest absolute Gasteiger partial charge is 0.381 e. The van der Waals surface area contributed by atoms with Crippen molar-refractivity contribution in [3.63, 3.8) is 0 Å². The molecule has 0 aromatic carbocycles. The molecule has 0 N–H and O–H groups in total. The maximum Gasteiger partial charge on any atom is 0.228 e. The second kappa shape index (κ2) is 6.99. The van der Waals surface area contributed by atoms with E-state index in [9.17, 15) is 4.79 Å². The number of carbonyl (C=O) groups excluding carboxylic acids is 1. The summed E-state index contributed by atoms with van der Waals surface area (Å²) >= 11 is 0. The molecule has 0 saturated carbocycles. The highest BCUT2D eigenvalue weighted by Crippen LogP contribution is 2.29. The van der Waals surface area contributed by atoms with Crippen LogP contribution in [0.5, 0.6) is 0 Å². The molecule has 0 aliphatic carbocycles. The lowest BCUT2D eigenvalue weighted by atomic mass is 10.0. The predicted molar refractivity (Wildman–Crippen MR) is 97.6 cm³/mol. The summed E-state index contributed by atoms with van der Waals surface area (Å²) in [6.07, 6.45) is 5.09. The molecule has 2 aromatic rings. The lowest BCUT2D eigenvalue weighted by Crippen LogP contribution is -2.41. The van der Waals surface area contributed by atoms with E-state index in [0.29, 0.717) is 32.1 Å². The van der Waals surface area contributed by atoms with E-state index in [2.05, 4.69) is 4.98 Å². The molecule has 2 aromatic heterocycles. The van der Waals surface area contributed by atoms with Crippen molar-refractivity contribution in [2.45, 2.75) is 19.4 Å². The molecule has 7 heteroatoms. The zero-order chi connectivity index (χ0) is 18.1.